The highest BCUT2D eigenvalue weighted by atomic mass is 19.3. The Labute approximate surface area is 98.3 Å². The first-order valence-electron chi connectivity index (χ1n) is 5.92. The lowest BCUT2D eigenvalue weighted by atomic mass is 9.86. The number of hydrogen-bond donors (Lipinski definition) is 2. The molecule has 2 atom stereocenters. The summed E-state index contributed by atoms with van der Waals surface area (Å²) in [6.45, 7) is 0.503. The van der Waals surface area contributed by atoms with Crippen molar-refractivity contribution < 1.29 is 23.4 Å². The van der Waals surface area contributed by atoms with Crippen LogP contribution in [0, 0.1) is 5.92 Å². The molecule has 0 aromatic carbocycles. The van der Waals surface area contributed by atoms with E-state index < -0.39 is 18.1 Å². The molecule has 0 unspecified atom stereocenters. The molecular weight excluding hydrogens is 232 g/mol. The summed E-state index contributed by atoms with van der Waals surface area (Å²) in [5.41, 5.74) is 0. The molecule has 98 valence electrons. The molecule has 0 aromatic heterocycles. The van der Waals surface area contributed by atoms with E-state index in [-0.39, 0.29) is 50.7 Å². The lowest BCUT2D eigenvalue weighted by molar-refractivity contribution is -0.130. The predicted molar refractivity (Wildman–Crippen MR) is 55.7 cm³/mol. The molecule has 2 aliphatic rings. The van der Waals surface area contributed by atoms with E-state index in [2.05, 4.69) is 5.32 Å². The number of carbonyl (C=O) groups excluding carboxylic acids is 1. The van der Waals surface area contributed by atoms with Crippen molar-refractivity contribution in [2.75, 3.05) is 13.2 Å². The minimum atomic E-state index is -2.62. The van der Waals surface area contributed by atoms with Crippen LogP contribution in [0.4, 0.5) is 8.78 Å². The number of carbonyl (C=O) groups is 1. The number of halogens is 2. The molecule has 1 saturated carbocycles. The van der Waals surface area contributed by atoms with Gasteiger partial charge >= 0.3 is 0 Å². The maximum atomic E-state index is 12.9. The molecule has 2 fully saturated rings. The van der Waals surface area contributed by atoms with Crippen molar-refractivity contribution in [3.63, 3.8) is 0 Å². The largest absolute Gasteiger partial charge is 0.388 e. The van der Waals surface area contributed by atoms with Gasteiger partial charge < -0.3 is 15.2 Å². The summed E-state index contributed by atoms with van der Waals surface area (Å²) in [6.07, 6.45) is -0.724. The lowest BCUT2D eigenvalue weighted by Gasteiger charge is -2.28. The van der Waals surface area contributed by atoms with Gasteiger partial charge in [0, 0.05) is 18.8 Å². The summed E-state index contributed by atoms with van der Waals surface area (Å²) in [7, 11) is 0. The van der Waals surface area contributed by atoms with Gasteiger partial charge in [-0.2, -0.15) is 0 Å². The monoisotopic (exact) mass is 249 g/mol. The van der Waals surface area contributed by atoms with Crippen LogP contribution < -0.4 is 5.32 Å². The fourth-order valence-corrected chi connectivity index (χ4v) is 2.28. The molecule has 2 N–H and O–H groups in total. The average molecular weight is 249 g/mol. The van der Waals surface area contributed by atoms with Crippen LogP contribution in [0.3, 0.4) is 0 Å². The first-order chi connectivity index (χ1) is 7.98. The molecular formula is C11H17F2NO3. The summed E-state index contributed by atoms with van der Waals surface area (Å²) in [5.74, 6) is -3.22. The van der Waals surface area contributed by atoms with Crippen molar-refractivity contribution in [3.05, 3.63) is 0 Å². The summed E-state index contributed by atoms with van der Waals surface area (Å²) in [6, 6.07) is -0.398. The zero-order chi connectivity index (χ0) is 12.5. The first kappa shape index (κ1) is 12.7. The Balaban J connectivity index is 1.81. The molecule has 1 aliphatic carbocycles. The highest BCUT2D eigenvalue weighted by Gasteiger charge is 2.38. The normalized spacial score (nSPS) is 33.6. The summed E-state index contributed by atoms with van der Waals surface area (Å²) in [5, 5.41) is 12.1. The molecule has 6 heteroatoms. The number of nitrogens with one attached hydrogen (secondary N) is 1. The highest BCUT2D eigenvalue weighted by molar-refractivity contribution is 5.79. The predicted octanol–water partition coefficient (Wildman–Crippen LogP) is 0.688. The Hall–Kier alpha value is -0.750. The Morgan fingerprint density at radius 3 is 2.47 bits per heavy atom. The van der Waals surface area contributed by atoms with Crippen molar-refractivity contribution in [1.82, 2.24) is 5.32 Å². The van der Waals surface area contributed by atoms with Crippen LogP contribution in [0.25, 0.3) is 0 Å². The maximum absolute atomic E-state index is 12.9. The quantitative estimate of drug-likeness (QED) is 0.757. The lowest BCUT2D eigenvalue weighted by Crippen LogP contribution is -2.46. The number of amides is 1. The summed E-state index contributed by atoms with van der Waals surface area (Å²) < 4.78 is 30.8. The minimum Gasteiger partial charge on any atom is -0.388 e. The van der Waals surface area contributed by atoms with Crippen molar-refractivity contribution in [2.24, 2.45) is 5.92 Å². The number of aliphatic hydroxyl groups excluding tert-OH is 1. The topological polar surface area (TPSA) is 58.6 Å². The van der Waals surface area contributed by atoms with Crippen LogP contribution in [-0.4, -0.2) is 42.3 Å². The fraction of sp³-hybridized carbons (Fsp3) is 0.909. The van der Waals surface area contributed by atoms with E-state index in [1.807, 2.05) is 0 Å². The highest BCUT2D eigenvalue weighted by Crippen LogP contribution is 2.36. The average Bonchev–Trinajstić information content (AvgIpc) is 2.64. The molecule has 1 heterocycles. The maximum Gasteiger partial charge on any atom is 0.248 e. The minimum absolute atomic E-state index is 0.211. The van der Waals surface area contributed by atoms with Gasteiger partial charge in [0.05, 0.1) is 25.4 Å². The van der Waals surface area contributed by atoms with E-state index in [9.17, 15) is 18.7 Å². The van der Waals surface area contributed by atoms with Crippen LogP contribution in [0.5, 0.6) is 0 Å². The Morgan fingerprint density at radius 2 is 1.94 bits per heavy atom. The number of ether oxygens (including phenoxy) is 1. The van der Waals surface area contributed by atoms with Crippen LogP contribution in [0.2, 0.25) is 0 Å². The van der Waals surface area contributed by atoms with Crippen molar-refractivity contribution >= 4 is 5.91 Å². The van der Waals surface area contributed by atoms with Crippen molar-refractivity contribution in [3.8, 4) is 0 Å². The summed E-state index contributed by atoms with van der Waals surface area (Å²) in [4.78, 5) is 11.8. The molecule has 0 spiro atoms. The van der Waals surface area contributed by atoms with E-state index in [0.29, 0.717) is 0 Å². The molecule has 0 radical (unpaired) electrons. The van der Waals surface area contributed by atoms with Gasteiger partial charge in [-0.05, 0) is 12.8 Å². The molecule has 2 rings (SSSR count). The fourth-order valence-electron chi connectivity index (χ4n) is 2.28. The van der Waals surface area contributed by atoms with E-state index in [4.69, 9.17) is 4.74 Å². The molecule has 4 nitrogen and oxygen atoms in total. The number of hydrogen-bond acceptors (Lipinski definition) is 3. The second-order valence-corrected chi connectivity index (χ2v) is 4.85. The Morgan fingerprint density at radius 1 is 1.29 bits per heavy atom. The standard InChI is InChI=1S/C11H17F2NO3/c12-11(13)3-1-7(2-4-11)10(16)14-8-5-17-6-9(8)15/h7-9,15H,1-6H2,(H,14,16)/t8-,9-/m1/s1. The van der Waals surface area contributed by atoms with Gasteiger partial charge in [0.15, 0.2) is 0 Å². The van der Waals surface area contributed by atoms with E-state index in [1.165, 1.54) is 0 Å². The number of alkyl halides is 2. The zero-order valence-electron chi connectivity index (χ0n) is 9.49. The Kier molecular flexibility index (Phi) is 3.63. The smallest absolute Gasteiger partial charge is 0.248 e. The van der Waals surface area contributed by atoms with E-state index in [0.717, 1.165) is 0 Å². The second kappa shape index (κ2) is 4.86. The third-order valence-corrected chi connectivity index (χ3v) is 3.47. The van der Waals surface area contributed by atoms with Crippen LogP contribution in [0.1, 0.15) is 25.7 Å². The number of aliphatic hydroxyl groups is 1. The van der Waals surface area contributed by atoms with Crippen LogP contribution in [0.15, 0.2) is 0 Å². The first-order valence-corrected chi connectivity index (χ1v) is 5.92. The summed E-state index contributed by atoms with van der Waals surface area (Å²) >= 11 is 0. The van der Waals surface area contributed by atoms with Gasteiger partial charge in [-0.15, -0.1) is 0 Å². The van der Waals surface area contributed by atoms with Gasteiger partial charge in [-0.1, -0.05) is 0 Å². The molecule has 17 heavy (non-hydrogen) atoms. The van der Waals surface area contributed by atoms with Crippen molar-refractivity contribution in [1.29, 1.82) is 0 Å². The third kappa shape index (κ3) is 3.13. The number of rotatable bonds is 2. The van der Waals surface area contributed by atoms with Gasteiger partial charge in [-0.25, -0.2) is 8.78 Å². The van der Waals surface area contributed by atoms with E-state index >= 15 is 0 Å². The SMILES string of the molecule is O=C(N[C@@H]1COC[C@H]1O)C1CCC(F)(F)CC1. The van der Waals surface area contributed by atoms with Crippen molar-refractivity contribution in [2.45, 2.75) is 43.8 Å². The molecule has 1 aliphatic heterocycles. The molecule has 1 amide bonds. The van der Waals surface area contributed by atoms with Gasteiger partial charge in [0.2, 0.25) is 11.8 Å². The van der Waals surface area contributed by atoms with Gasteiger partial charge in [-0.3, -0.25) is 4.79 Å². The van der Waals surface area contributed by atoms with Gasteiger partial charge in [0.1, 0.15) is 0 Å². The molecule has 0 bridgehead atoms. The van der Waals surface area contributed by atoms with Crippen LogP contribution in [-0.2, 0) is 9.53 Å². The van der Waals surface area contributed by atoms with Gasteiger partial charge in [0.25, 0.3) is 0 Å². The zero-order valence-corrected chi connectivity index (χ0v) is 9.49. The molecule has 0 aromatic rings. The second-order valence-electron chi connectivity index (χ2n) is 4.85. The van der Waals surface area contributed by atoms with Crippen LogP contribution >= 0.6 is 0 Å². The Bertz CT molecular complexity index is 288. The third-order valence-electron chi connectivity index (χ3n) is 3.47. The van der Waals surface area contributed by atoms with E-state index in [1.54, 1.807) is 0 Å². The molecule has 1 saturated heterocycles.